The van der Waals surface area contributed by atoms with E-state index >= 15 is 0 Å². The number of anilines is 1. The van der Waals surface area contributed by atoms with Gasteiger partial charge in [0.25, 0.3) is 0 Å². The van der Waals surface area contributed by atoms with Crippen LogP contribution in [-0.4, -0.2) is 9.78 Å². The zero-order chi connectivity index (χ0) is 11.0. The summed E-state index contributed by atoms with van der Waals surface area (Å²) < 4.78 is 1.96. The Hall–Kier alpha value is -1.29. The van der Waals surface area contributed by atoms with Crippen LogP contribution in [0.2, 0.25) is 0 Å². The summed E-state index contributed by atoms with van der Waals surface area (Å²) in [5.41, 5.74) is 9.95. The predicted octanol–water partition coefficient (Wildman–Crippen LogP) is 2.50. The zero-order valence-corrected chi connectivity index (χ0v) is 10.1. The number of aryl methyl sites for hydroxylation is 2. The first kappa shape index (κ1) is 10.2. The van der Waals surface area contributed by atoms with Crippen molar-refractivity contribution in [3.63, 3.8) is 0 Å². The molecule has 0 bridgehead atoms. The number of nitrogens with zero attached hydrogens (tertiary/aromatic N) is 2. The lowest BCUT2D eigenvalue weighted by Crippen LogP contribution is -2.03. The smallest absolute Gasteiger partial charge is 0.0826 e. The molecule has 80 valence electrons. The van der Waals surface area contributed by atoms with Crippen LogP contribution in [0.1, 0.15) is 21.8 Å². The third-order valence-corrected chi connectivity index (χ3v) is 3.46. The quantitative estimate of drug-likeness (QED) is 0.846. The van der Waals surface area contributed by atoms with Crippen molar-refractivity contribution in [3.8, 4) is 0 Å². The van der Waals surface area contributed by atoms with Gasteiger partial charge in [0.1, 0.15) is 0 Å². The fourth-order valence-electron chi connectivity index (χ4n) is 1.62. The minimum Gasteiger partial charge on any atom is -0.396 e. The van der Waals surface area contributed by atoms with Crippen molar-refractivity contribution in [3.05, 3.63) is 33.3 Å². The van der Waals surface area contributed by atoms with Crippen molar-refractivity contribution in [1.82, 2.24) is 9.78 Å². The first-order valence-electron chi connectivity index (χ1n) is 4.91. The Morgan fingerprint density at radius 3 is 2.60 bits per heavy atom. The van der Waals surface area contributed by atoms with Gasteiger partial charge in [0.05, 0.1) is 23.6 Å². The van der Waals surface area contributed by atoms with Crippen molar-refractivity contribution in [2.45, 2.75) is 27.3 Å². The summed E-state index contributed by atoms with van der Waals surface area (Å²) >= 11 is 1.77. The Morgan fingerprint density at radius 2 is 2.13 bits per heavy atom. The van der Waals surface area contributed by atoms with Crippen LogP contribution in [0.25, 0.3) is 0 Å². The van der Waals surface area contributed by atoms with Crippen LogP contribution in [0.15, 0.2) is 11.4 Å². The number of thiophene rings is 1. The summed E-state index contributed by atoms with van der Waals surface area (Å²) in [6.45, 7) is 6.88. The highest BCUT2D eigenvalue weighted by atomic mass is 32.1. The maximum atomic E-state index is 5.88. The SMILES string of the molecule is Cc1cc(Cn2nc(C)c(N)c2C)cs1. The van der Waals surface area contributed by atoms with Gasteiger partial charge in [-0.2, -0.15) is 5.10 Å². The van der Waals surface area contributed by atoms with Crippen molar-refractivity contribution < 1.29 is 0 Å². The fraction of sp³-hybridized carbons (Fsp3) is 0.364. The fourth-order valence-corrected chi connectivity index (χ4v) is 2.32. The van der Waals surface area contributed by atoms with Gasteiger partial charge in [0.2, 0.25) is 0 Å². The lowest BCUT2D eigenvalue weighted by Gasteiger charge is -2.01. The number of hydrogen-bond donors (Lipinski definition) is 1. The van der Waals surface area contributed by atoms with Gasteiger partial charge >= 0.3 is 0 Å². The maximum absolute atomic E-state index is 5.88. The molecule has 0 aliphatic carbocycles. The van der Waals surface area contributed by atoms with E-state index < -0.39 is 0 Å². The van der Waals surface area contributed by atoms with E-state index in [2.05, 4.69) is 23.5 Å². The largest absolute Gasteiger partial charge is 0.396 e. The summed E-state index contributed by atoms with van der Waals surface area (Å²) in [6, 6.07) is 2.19. The summed E-state index contributed by atoms with van der Waals surface area (Å²) in [6.07, 6.45) is 0. The van der Waals surface area contributed by atoms with E-state index in [9.17, 15) is 0 Å². The molecule has 0 atom stereocenters. The molecule has 0 unspecified atom stereocenters. The van der Waals surface area contributed by atoms with Gasteiger partial charge in [-0.15, -0.1) is 11.3 Å². The number of aromatic nitrogens is 2. The van der Waals surface area contributed by atoms with Gasteiger partial charge in [-0.05, 0) is 37.8 Å². The highest BCUT2D eigenvalue weighted by molar-refractivity contribution is 7.10. The summed E-state index contributed by atoms with van der Waals surface area (Å²) in [5.74, 6) is 0. The number of rotatable bonds is 2. The maximum Gasteiger partial charge on any atom is 0.0826 e. The molecular weight excluding hydrogens is 206 g/mol. The molecule has 0 aliphatic heterocycles. The number of nitrogen functional groups attached to an aromatic ring is 1. The van der Waals surface area contributed by atoms with E-state index in [0.29, 0.717) is 0 Å². The Morgan fingerprint density at radius 1 is 1.40 bits per heavy atom. The Labute approximate surface area is 93.5 Å². The van der Waals surface area contributed by atoms with Crippen LogP contribution in [0.5, 0.6) is 0 Å². The molecule has 2 rings (SSSR count). The molecule has 0 amide bonds. The summed E-state index contributed by atoms with van der Waals surface area (Å²) in [4.78, 5) is 1.33. The summed E-state index contributed by atoms with van der Waals surface area (Å²) in [7, 11) is 0. The molecule has 4 heteroatoms. The molecule has 15 heavy (non-hydrogen) atoms. The molecule has 0 saturated carbocycles. The van der Waals surface area contributed by atoms with E-state index in [1.807, 2.05) is 18.5 Å². The van der Waals surface area contributed by atoms with Crippen LogP contribution in [0.3, 0.4) is 0 Å². The second kappa shape index (κ2) is 3.70. The van der Waals surface area contributed by atoms with Gasteiger partial charge in [-0.1, -0.05) is 0 Å². The van der Waals surface area contributed by atoms with E-state index in [1.165, 1.54) is 10.4 Å². The van der Waals surface area contributed by atoms with Gasteiger partial charge < -0.3 is 5.73 Å². The van der Waals surface area contributed by atoms with E-state index in [4.69, 9.17) is 5.73 Å². The molecule has 2 heterocycles. The molecular formula is C11H15N3S. The molecule has 0 radical (unpaired) electrons. The normalized spacial score (nSPS) is 10.9. The van der Waals surface area contributed by atoms with Crippen molar-refractivity contribution in [2.75, 3.05) is 5.73 Å². The van der Waals surface area contributed by atoms with Crippen molar-refractivity contribution in [2.24, 2.45) is 0 Å². The van der Waals surface area contributed by atoms with Crippen LogP contribution in [-0.2, 0) is 6.54 Å². The second-order valence-corrected chi connectivity index (χ2v) is 4.92. The van der Waals surface area contributed by atoms with Crippen molar-refractivity contribution in [1.29, 1.82) is 0 Å². The number of hydrogen-bond acceptors (Lipinski definition) is 3. The standard InChI is InChI=1S/C11H15N3S/c1-7-4-10(6-15-7)5-14-9(3)11(12)8(2)13-14/h4,6H,5,12H2,1-3H3. The first-order valence-corrected chi connectivity index (χ1v) is 5.79. The summed E-state index contributed by atoms with van der Waals surface area (Å²) in [5, 5.41) is 6.58. The van der Waals surface area contributed by atoms with E-state index in [0.717, 1.165) is 23.6 Å². The molecule has 0 saturated heterocycles. The lowest BCUT2D eigenvalue weighted by atomic mass is 10.3. The van der Waals surface area contributed by atoms with Crippen LogP contribution < -0.4 is 5.73 Å². The van der Waals surface area contributed by atoms with Gasteiger partial charge in [0, 0.05) is 4.88 Å². The van der Waals surface area contributed by atoms with Gasteiger partial charge in [0.15, 0.2) is 0 Å². The number of nitrogens with two attached hydrogens (primary N) is 1. The molecule has 2 aromatic rings. The highest BCUT2D eigenvalue weighted by Crippen LogP contribution is 2.18. The molecule has 2 N–H and O–H groups in total. The van der Waals surface area contributed by atoms with Gasteiger partial charge in [-0.25, -0.2) is 0 Å². The third kappa shape index (κ3) is 1.90. The molecule has 0 aliphatic rings. The predicted molar refractivity (Wildman–Crippen MR) is 64.3 cm³/mol. The van der Waals surface area contributed by atoms with E-state index in [1.54, 1.807) is 11.3 Å². The van der Waals surface area contributed by atoms with E-state index in [-0.39, 0.29) is 0 Å². The minimum absolute atomic E-state index is 0.807. The molecule has 0 fully saturated rings. The molecule has 0 aromatic carbocycles. The Balaban J connectivity index is 2.28. The molecule has 0 spiro atoms. The Bertz CT molecular complexity index is 482. The van der Waals surface area contributed by atoms with Crippen LogP contribution in [0.4, 0.5) is 5.69 Å². The highest BCUT2D eigenvalue weighted by Gasteiger charge is 2.08. The zero-order valence-electron chi connectivity index (χ0n) is 9.24. The lowest BCUT2D eigenvalue weighted by molar-refractivity contribution is 0.660. The van der Waals surface area contributed by atoms with Crippen LogP contribution in [0, 0.1) is 20.8 Å². The Kier molecular flexibility index (Phi) is 2.52. The third-order valence-electron chi connectivity index (χ3n) is 2.55. The molecule has 2 aromatic heterocycles. The average Bonchev–Trinajstić information content (AvgIpc) is 2.68. The van der Waals surface area contributed by atoms with Gasteiger partial charge in [-0.3, -0.25) is 4.68 Å². The monoisotopic (exact) mass is 221 g/mol. The molecule has 3 nitrogen and oxygen atoms in total. The average molecular weight is 221 g/mol. The second-order valence-electron chi connectivity index (χ2n) is 3.81. The van der Waals surface area contributed by atoms with Crippen LogP contribution >= 0.6 is 11.3 Å². The first-order chi connectivity index (χ1) is 7.08. The topological polar surface area (TPSA) is 43.8 Å². The van der Waals surface area contributed by atoms with Crippen molar-refractivity contribution >= 4 is 17.0 Å². The minimum atomic E-state index is 0.807.